The molecule has 1 rings (SSSR count). The Hall–Kier alpha value is -1.89. The van der Waals surface area contributed by atoms with E-state index in [0.29, 0.717) is 19.3 Å². The number of hydrogen-bond donors (Lipinski definition) is 8. The highest BCUT2D eigenvalue weighted by molar-refractivity contribution is 7.47. The van der Waals surface area contributed by atoms with Gasteiger partial charge in [-0.2, -0.15) is 0 Å². The van der Waals surface area contributed by atoms with Crippen LogP contribution in [-0.4, -0.2) is 108 Å². The Morgan fingerprint density at radius 3 is 1.36 bits per heavy atom. The van der Waals surface area contributed by atoms with Crippen LogP contribution in [0.25, 0.3) is 0 Å². The summed E-state index contributed by atoms with van der Waals surface area (Å²) in [5.74, 6) is -1.32. The van der Waals surface area contributed by atoms with Gasteiger partial charge in [-0.25, -0.2) is 13.7 Å². The third-order valence-corrected chi connectivity index (χ3v) is 13.2. The van der Waals surface area contributed by atoms with Gasteiger partial charge in [-0.15, -0.1) is 0 Å². The molecule has 22 heteroatoms. The van der Waals surface area contributed by atoms with Crippen LogP contribution < -0.4 is 0 Å². The van der Waals surface area contributed by atoms with Crippen LogP contribution in [0.3, 0.4) is 0 Å². The molecule has 0 aromatic carbocycles. The van der Waals surface area contributed by atoms with Crippen molar-refractivity contribution in [1.82, 2.24) is 0 Å². The number of esters is 2. The molecule has 0 radical (unpaired) electrons. The lowest BCUT2D eigenvalue weighted by atomic mass is 9.85. The summed E-state index contributed by atoms with van der Waals surface area (Å²) in [6, 6.07) is 0. The zero-order chi connectivity index (χ0) is 51.4. The van der Waals surface area contributed by atoms with Crippen molar-refractivity contribution < 1.29 is 90.6 Å². The van der Waals surface area contributed by atoms with Crippen LogP contribution in [0, 0.1) is 0 Å². The van der Waals surface area contributed by atoms with E-state index in [-0.39, 0.29) is 12.8 Å². The molecule has 0 aromatic rings. The Morgan fingerprint density at radius 2 is 0.884 bits per heavy atom. The van der Waals surface area contributed by atoms with Crippen LogP contribution in [0.1, 0.15) is 181 Å². The molecule has 1 fully saturated rings. The van der Waals surface area contributed by atoms with E-state index in [1.54, 1.807) is 0 Å². The Labute approximate surface area is 410 Å². The predicted octanol–water partition coefficient (Wildman–Crippen LogP) is 9.40. The average molecular weight is 1050 g/mol. The molecule has 0 amide bonds. The molecule has 0 bridgehead atoms. The molecule has 8 unspecified atom stereocenters. The van der Waals surface area contributed by atoms with Gasteiger partial charge in [0.1, 0.15) is 43.2 Å². The lowest BCUT2D eigenvalue weighted by molar-refractivity contribution is -0.213. The summed E-state index contributed by atoms with van der Waals surface area (Å²) in [6.45, 7) is 2.83. The highest BCUT2D eigenvalue weighted by atomic mass is 31.2. The first kappa shape index (κ1) is 65.1. The minimum absolute atomic E-state index is 0.0298. The van der Waals surface area contributed by atoms with Crippen LogP contribution in [0.15, 0.2) is 48.6 Å². The summed E-state index contributed by atoms with van der Waals surface area (Å²) in [7, 11) is -16.6. The smallest absolute Gasteiger partial charge is 0.462 e. The van der Waals surface area contributed by atoms with E-state index in [9.17, 15) is 63.1 Å². The zero-order valence-electron chi connectivity index (χ0n) is 40.9. The van der Waals surface area contributed by atoms with Crippen molar-refractivity contribution in [2.45, 2.75) is 224 Å². The first-order valence-corrected chi connectivity index (χ1v) is 29.5. The summed E-state index contributed by atoms with van der Waals surface area (Å²) >= 11 is 0. The summed E-state index contributed by atoms with van der Waals surface area (Å²) < 4.78 is 65.5. The number of allylic oxidation sites excluding steroid dienone is 8. The lowest BCUT2D eigenvalue weighted by Crippen LogP contribution is -2.65. The molecule has 0 aromatic heterocycles. The maximum atomic E-state index is 13.1. The number of aliphatic hydroxyl groups is 3. The highest BCUT2D eigenvalue weighted by Gasteiger charge is 2.56. The van der Waals surface area contributed by atoms with Crippen molar-refractivity contribution in [2.24, 2.45) is 0 Å². The molecule has 0 heterocycles. The second kappa shape index (κ2) is 38.7. The molecule has 402 valence electrons. The number of aliphatic hydroxyl groups excluding tert-OH is 3. The quantitative estimate of drug-likeness (QED) is 0.0122. The largest absolute Gasteiger partial charge is 0.472 e. The van der Waals surface area contributed by atoms with E-state index >= 15 is 0 Å². The molecule has 19 nitrogen and oxygen atoms in total. The van der Waals surface area contributed by atoms with Gasteiger partial charge in [0.25, 0.3) is 0 Å². The van der Waals surface area contributed by atoms with Crippen LogP contribution in [0.2, 0.25) is 0 Å². The normalized spacial score (nSPS) is 21.7. The standard InChI is InChI=1S/C47H85O19P3/c1-3-5-7-9-11-13-15-17-19-20-22-24-26-28-30-32-34-36-41(49)63-39(37-61-40(48)35-33-31-29-27-25-23-21-18-16-14-12-10-8-6-4-2)38-62-69(59,60)66-45-42(50)43(51)46(64-67(53,54)55)47(44(45)52)65-68(56,57)58/h5,7,11,13,17,19,22,24,39,42-47,50-52H,3-4,6,8-10,12,14-16,18,20-21,23,25-38H2,1-2H3,(H,59,60)(H2,53,54,55)(H2,56,57,58). The molecule has 1 saturated carbocycles. The van der Waals surface area contributed by atoms with Crippen LogP contribution >= 0.6 is 23.5 Å². The van der Waals surface area contributed by atoms with Gasteiger partial charge in [-0.1, -0.05) is 165 Å². The van der Waals surface area contributed by atoms with Gasteiger partial charge >= 0.3 is 35.4 Å². The van der Waals surface area contributed by atoms with Gasteiger partial charge in [-0.05, 0) is 51.4 Å². The monoisotopic (exact) mass is 1050 g/mol. The van der Waals surface area contributed by atoms with E-state index in [4.69, 9.17) is 18.5 Å². The molecule has 0 aliphatic heterocycles. The van der Waals surface area contributed by atoms with Gasteiger partial charge in [0.2, 0.25) is 0 Å². The SMILES string of the molecule is CCC=CCC=CCC=CCC=CCCCCCCC(=O)OC(COC(=O)CCCCCCCCCCCCCCCCC)COP(=O)(O)OC1C(O)C(O)C(OP(=O)(O)O)C(OP(=O)(O)O)C1O. The minimum atomic E-state index is -5.61. The van der Waals surface area contributed by atoms with Gasteiger partial charge < -0.3 is 49.3 Å². The zero-order valence-corrected chi connectivity index (χ0v) is 43.6. The van der Waals surface area contributed by atoms with E-state index in [1.807, 2.05) is 0 Å². The number of carbonyl (C=O) groups excluding carboxylic acids is 2. The third kappa shape index (κ3) is 35.0. The summed E-state index contributed by atoms with van der Waals surface area (Å²) in [5.41, 5.74) is 0. The topological polar surface area (TPSA) is 303 Å². The molecule has 8 atom stereocenters. The van der Waals surface area contributed by atoms with Gasteiger partial charge in [0, 0.05) is 12.8 Å². The van der Waals surface area contributed by atoms with Crippen molar-refractivity contribution in [1.29, 1.82) is 0 Å². The summed E-state index contributed by atoms with van der Waals surface area (Å²) in [5, 5.41) is 31.9. The fourth-order valence-electron chi connectivity index (χ4n) is 7.46. The number of unbranched alkanes of at least 4 members (excludes halogenated alkanes) is 18. The Kier molecular flexibility index (Phi) is 36.5. The Balaban J connectivity index is 2.72. The fourth-order valence-corrected chi connectivity index (χ4v) is 9.55. The van der Waals surface area contributed by atoms with Crippen LogP contribution in [-0.2, 0) is 50.9 Å². The number of rotatable bonds is 42. The molecule has 69 heavy (non-hydrogen) atoms. The average Bonchev–Trinajstić information content (AvgIpc) is 3.28. The van der Waals surface area contributed by atoms with Gasteiger partial charge in [0.15, 0.2) is 6.10 Å². The molecule has 1 aliphatic carbocycles. The van der Waals surface area contributed by atoms with Crippen molar-refractivity contribution in [2.75, 3.05) is 13.2 Å². The Bertz CT molecular complexity index is 1630. The lowest BCUT2D eigenvalue weighted by Gasteiger charge is -2.44. The number of hydrogen-bond acceptors (Lipinski definition) is 14. The van der Waals surface area contributed by atoms with Crippen molar-refractivity contribution in [3.05, 3.63) is 48.6 Å². The number of phosphoric acid groups is 3. The third-order valence-electron chi connectivity index (χ3n) is 11.2. The summed E-state index contributed by atoms with van der Waals surface area (Å²) in [6.07, 6.45) is 25.5. The molecule has 0 saturated heterocycles. The number of carbonyl (C=O) groups is 2. The molecular formula is C47H85O19P3. The van der Waals surface area contributed by atoms with Crippen molar-refractivity contribution in [3.8, 4) is 0 Å². The second-order valence-electron chi connectivity index (χ2n) is 17.4. The van der Waals surface area contributed by atoms with E-state index < -0.39 is 91.3 Å². The number of phosphoric ester groups is 3. The number of ether oxygens (including phenoxy) is 2. The first-order valence-electron chi connectivity index (χ1n) is 24.9. The minimum Gasteiger partial charge on any atom is -0.462 e. The molecular weight excluding hydrogens is 961 g/mol. The van der Waals surface area contributed by atoms with E-state index in [2.05, 4.69) is 71.5 Å². The van der Waals surface area contributed by atoms with Gasteiger partial charge in [-0.3, -0.25) is 27.7 Å². The maximum absolute atomic E-state index is 13.1. The molecule has 0 spiro atoms. The van der Waals surface area contributed by atoms with Crippen molar-refractivity contribution >= 4 is 35.4 Å². The maximum Gasteiger partial charge on any atom is 0.472 e. The van der Waals surface area contributed by atoms with E-state index in [0.717, 1.165) is 70.6 Å². The predicted molar refractivity (Wildman–Crippen MR) is 261 cm³/mol. The van der Waals surface area contributed by atoms with E-state index in [1.165, 1.54) is 64.2 Å². The Morgan fingerprint density at radius 1 is 0.478 bits per heavy atom. The fraction of sp³-hybridized carbons (Fsp3) is 0.787. The van der Waals surface area contributed by atoms with Crippen LogP contribution in [0.5, 0.6) is 0 Å². The highest BCUT2D eigenvalue weighted by Crippen LogP contribution is 2.51. The second-order valence-corrected chi connectivity index (χ2v) is 21.2. The molecule has 8 N–H and O–H groups in total. The van der Waals surface area contributed by atoms with Crippen molar-refractivity contribution in [3.63, 3.8) is 0 Å². The van der Waals surface area contributed by atoms with Gasteiger partial charge in [0.05, 0.1) is 6.61 Å². The van der Waals surface area contributed by atoms with Crippen LogP contribution in [0.4, 0.5) is 0 Å². The first-order chi connectivity index (χ1) is 32.8. The summed E-state index contributed by atoms with van der Waals surface area (Å²) in [4.78, 5) is 73.3. The molecule has 1 aliphatic rings.